The number of anilines is 1. The lowest BCUT2D eigenvalue weighted by Crippen LogP contribution is -2.19. The topological polar surface area (TPSA) is 88.6 Å². The Morgan fingerprint density at radius 2 is 2.27 bits per heavy atom. The summed E-state index contributed by atoms with van der Waals surface area (Å²) in [5.41, 5.74) is 5.98. The highest BCUT2D eigenvalue weighted by atomic mass is 79.9. The molecule has 0 saturated carbocycles. The fraction of sp³-hybridized carbons (Fsp3) is 0.444. The molecule has 0 radical (unpaired) electrons. The third-order valence-electron chi connectivity index (χ3n) is 1.99. The number of methoxy groups -OCH3 is 1. The predicted molar refractivity (Wildman–Crippen MR) is 60.0 cm³/mol. The second kappa shape index (κ2) is 5.29. The Morgan fingerprint density at radius 3 is 2.80 bits per heavy atom. The predicted octanol–water partition coefficient (Wildman–Crippen LogP) is 0.462. The standard InChI is InChI=1S/C9H13BrN2O3/c1-15-7-2-5(4-12-9(7)11)8(14)6(13)3-10/h2,4,6,8,13-14H,3H2,1H3,(H2,11,12). The van der Waals surface area contributed by atoms with Crippen LogP contribution in [-0.4, -0.2) is 33.7 Å². The summed E-state index contributed by atoms with van der Waals surface area (Å²) in [5.74, 6) is 0.634. The van der Waals surface area contributed by atoms with E-state index in [0.717, 1.165) is 0 Å². The Kier molecular flexibility index (Phi) is 4.31. The summed E-state index contributed by atoms with van der Waals surface area (Å²) in [4.78, 5) is 3.85. The van der Waals surface area contributed by atoms with Crippen molar-refractivity contribution in [3.8, 4) is 5.75 Å². The number of pyridine rings is 1. The van der Waals surface area contributed by atoms with Gasteiger partial charge in [0.2, 0.25) is 0 Å². The first-order chi connectivity index (χ1) is 7.10. The van der Waals surface area contributed by atoms with Crippen LogP contribution in [0.4, 0.5) is 5.82 Å². The van der Waals surface area contributed by atoms with E-state index in [1.54, 1.807) is 6.07 Å². The van der Waals surface area contributed by atoms with Gasteiger partial charge in [0.05, 0.1) is 13.2 Å². The van der Waals surface area contributed by atoms with E-state index in [-0.39, 0.29) is 11.1 Å². The lowest BCUT2D eigenvalue weighted by atomic mass is 10.1. The number of aliphatic hydroxyl groups is 2. The highest BCUT2D eigenvalue weighted by Crippen LogP contribution is 2.25. The van der Waals surface area contributed by atoms with Crippen LogP contribution in [0.15, 0.2) is 12.3 Å². The summed E-state index contributed by atoms with van der Waals surface area (Å²) in [6.45, 7) is 0. The van der Waals surface area contributed by atoms with Crippen LogP contribution in [0.1, 0.15) is 11.7 Å². The molecule has 0 bridgehead atoms. The molecular weight excluding hydrogens is 264 g/mol. The molecule has 4 N–H and O–H groups in total. The van der Waals surface area contributed by atoms with Gasteiger partial charge in [0, 0.05) is 17.1 Å². The molecule has 1 heterocycles. The zero-order valence-corrected chi connectivity index (χ0v) is 9.81. The van der Waals surface area contributed by atoms with Crippen molar-refractivity contribution in [1.29, 1.82) is 0 Å². The molecule has 0 fully saturated rings. The molecule has 84 valence electrons. The van der Waals surface area contributed by atoms with E-state index in [9.17, 15) is 10.2 Å². The van der Waals surface area contributed by atoms with Gasteiger partial charge in [0.15, 0.2) is 11.6 Å². The number of alkyl halides is 1. The second-order valence-electron chi connectivity index (χ2n) is 3.02. The summed E-state index contributed by atoms with van der Waals surface area (Å²) in [5, 5.41) is 19.4. The average molecular weight is 277 g/mol. The number of ether oxygens (including phenoxy) is 1. The monoisotopic (exact) mass is 276 g/mol. The third-order valence-corrected chi connectivity index (χ3v) is 2.65. The van der Waals surface area contributed by atoms with Gasteiger partial charge in [-0.3, -0.25) is 0 Å². The van der Waals surface area contributed by atoms with Crippen LogP contribution in [0.25, 0.3) is 0 Å². The molecule has 0 saturated heterocycles. The van der Waals surface area contributed by atoms with Crippen LogP contribution < -0.4 is 10.5 Å². The summed E-state index contributed by atoms with van der Waals surface area (Å²) < 4.78 is 4.96. The van der Waals surface area contributed by atoms with Gasteiger partial charge in [-0.2, -0.15) is 0 Å². The van der Waals surface area contributed by atoms with E-state index in [1.165, 1.54) is 13.3 Å². The molecule has 6 heteroatoms. The Balaban J connectivity index is 2.95. The zero-order valence-electron chi connectivity index (χ0n) is 8.22. The van der Waals surface area contributed by atoms with E-state index in [0.29, 0.717) is 11.3 Å². The number of aliphatic hydroxyl groups excluding tert-OH is 2. The largest absolute Gasteiger partial charge is 0.493 e. The molecule has 2 atom stereocenters. The number of aromatic nitrogens is 1. The second-order valence-corrected chi connectivity index (χ2v) is 3.67. The van der Waals surface area contributed by atoms with Crippen molar-refractivity contribution in [2.24, 2.45) is 0 Å². The van der Waals surface area contributed by atoms with Crippen LogP contribution in [0.3, 0.4) is 0 Å². The van der Waals surface area contributed by atoms with Crippen LogP contribution in [0.5, 0.6) is 5.75 Å². The Morgan fingerprint density at radius 1 is 1.60 bits per heavy atom. The van der Waals surface area contributed by atoms with Crippen molar-refractivity contribution < 1.29 is 14.9 Å². The smallest absolute Gasteiger partial charge is 0.166 e. The van der Waals surface area contributed by atoms with Crippen LogP contribution >= 0.6 is 15.9 Å². The summed E-state index contributed by atoms with van der Waals surface area (Å²) in [6, 6.07) is 1.55. The van der Waals surface area contributed by atoms with Crippen molar-refractivity contribution in [2.75, 3.05) is 18.2 Å². The highest BCUT2D eigenvalue weighted by Gasteiger charge is 2.18. The van der Waals surface area contributed by atoms with Gasteiger partial charge >= 0.3 is 0 Å². The van der Waals surface area contributed by atoms with Gasteiger partial charge in [-0.1, -0.05) is 15.9 Å². The molecule has 5 nitrogen and oxygen atoms in total. The number of rotatable bonds is 4. The van der Waals surface area contributed by atoms with Gasteiger partial charge < -0.3 is 20.7 Å². The van der Waals surface area contributed by atoms with Gasteiger partial charge in [-0.25, -0.2) is 4.98 Å². The van der Waals surface area contributed by atoms with Crippen molar-refractivity contribution in [3.05, 3.63) is 17.8 Å². The first-order valence-corrected chi connectivity index (χ1v) is 5.43. The minimum atomic E-state index is -1.01. The molecule has 0 spiro atoms. The maximum atomic E-state index is 9.68. The number of nitrogens with two attached hydrogens (primary N) is 1. The quantitative estimate of drug-likeness (QED) is 0.696. The molecule has 0 aliphatic rings. The van der Waals surface area contributed by atoms with Crippen molar-refractivity contribution in [2.45, 2.75) is 12.2 Å². The lowest BCUT2D eigenvalue weighted by molar-refractivity contribution is 0.0339. The first-order valence-electron chi connectivity index (χ1n) is 4.31. The van der Waals surface area contributed by atoms with Crippen molar-refractivity contribution in [3.63, 3.8) is 0 Å². The van der Waals surface area contributed by atoms with Crippen molar-refractivity contribution >= 4 is 21.7 Å². The average Bonchev–Trinajstić information content (AvgIpc) is 2.27. The summed E-state index contributed by atoms with van der Waals surface area (Å²) in [6.07, 6.45) is -0.486. The zero-order chi connectivity index (χ0) is 11.4. The van der Waals surface area contributed by atoms with Crippen LogP contribution in [0, 0.1) is 0 Å². The molecule has 1 rings (SSSR count). The fourth-order valence-corrected chi connectivity index (χ4v) is 1.46. The third kappa shape index (κ3) is 2.80. The maximum Gasteiger partial charge on any atom is 0.166 e. The fourth-order valence-electron chi connectivity index (χ4n) is 1.10. The Labute approximate surface area is 96.0 Å². The molecule has 1 aromatic rings. The molecule has 2 unspecified atom stereocenters. The minimum Gasteiger partial charge on any atom is -0.493 e. The molecule has 0 amide bonds. The number of hydrogen-bond donors (Lipinski definition) is 3. The maximum absolute atomic E-state index is 9.68. The summed E-state index contributed by atoms with van der Waals surface area (Å²) >= 11 is 3.08. The van der Waals surface area contributed by atoms with Crippen molar-refractivity contribution in [1.82, 2.24) is 4.98 Å². The van der Waals surface area contributed by atoms with E-state index in [2.05, 4.69) is 20.9 Å². The van der Waals surface area contributed by atoms with E-state index >= 15 is 0 Å². The Hall–Kier alpha value is -0.850. The van der Waals surface area contributed by atoms with E-state index < -0.39 is 12.2 Å². The molecule has 1 aromatic heterocycles. The highest BCUT2D eigenvalue weighted by molar-refractivity contribution is 9.09. The van der Waals surface area contributed by atoms with Gasteiger partial charge in [0.1, 0.15) is 6.10 Å². The number of nitrogens with zero attached hydrogens (tertiary/aromatic N) is 1. The van der Waals surface area contributed by atoms with Crippen LogP contribution in [0.2, 0.25) is 0 Å². The molecular formula is C9H13BrN2O3. The molecule has 0 aliphatic carbocycles. The lowest BCUT2D eigenvalue weighted by Gasteiger charge is -2.16. The van der Waals surface area contributed by atoms with Gasteiger partial charge in [-0.05, 0) is 6.07 Å². The molecule has 0 aromatic carbocycles. The van der Waals surface area contributed by atoms with E-state index in [1.807, 2.05) is 0 Å². The Bertz CT molecular complexity index is 335. The number of hydrogen-bond acceptors (Lipinski definition) is 5. The minimum absolute atomic E-state index is 0.252. The van der Waals surface area contributed by atoms with Gasteiger partial charge in [-0.15, -0.1) is 0 Å². The summed E-state index contributed by atoms with van der Waals surface area (Å²) in [7, 11) is 1.46. The number of nitrogen functional groups attached to an aromatic ring is 1. The van der Waals surface area contributed by atoms with E-state index in [4.69, 9.17) is 10.5 Å². The van der Waals surface area contributed by atoms with Gasteiger partial charge in [0.25, 0.3) is 0 Å². The molecule has 0 aliphatic heterocycles. The SMILES string of the molecule is COc1cc(C(O)C(O)CBr)cnc1N. The number of halogens is 1. The molecule has 15 heavy (non-hydrogen) atoms. The van der Waals surface area contributed by atoms with Crippen LogP contribution in [-0.2, 0) is 0 Å². The first kappa shape index (κ1) is 12.2. The normalized spacial score (nSPS) is 14.7.